The second-order valence-corrected chi connectivity index (χ2v) is 4.19. The average molecular weight is 222 g/mol. The van der Waals surface area contributed by atoms with Gasteiger partial charge in [0.05, 0.1) is 6.61 Å². The molecular weight excluding hydrogens is 208 g/mol. The van der Waals surface area contributed by atoms with Gasteiger partial charge in [-0.3, -0.25) is 0 Å². The lowest BCUT2D eigenvalue weighted by molar-refractivity contribution is 0.0227. The molecule has 0 amide bonds. The summed E-state index contributed by atoms with van der Waals surface area (Å²) in [5, 5.41) is 10.3. The van der Waals surface area contributed by atoms with Crippen molar-refractivity contribution in [2.75, 3.05) is 26.4 Å². The molecule has 1 saturated heterocycles. The van der Waals surface area contributed by atoms with Crippen LogP contribution in [0.5, 0.6) is 11.5 Å². The summed E-state index contributed by atoms with van der Waals surface area (Å²) in [7, 11) is 0. The quantitative estimate of drug-likeness (QED) is 0.772. The van der Waals surface area contributed by atoms with Gasteiger partial charge in [0.15, 0.2) is 11.5 Å². The van der Waals surface area contributed by atoms with Crippen molar-refractivity contribution < 1.29 is 19.3 Å². The molecule has 0 aromatic heterocycles. The highest BCUT2D eigenvalue weighted by Gasteiger charge is 2.35. The monoisotopic (exact) mass is 222 g/mol. The molecule has 1 aromatic carbocycles. The number of fused-ring (bicyclic) bond motifs is 1. The largest absolute Gasteiger partial charge is 0.486 e. The van der Waals surface area contributed by atoms with Crippen LogP contribution in [0.4, 0.5) is 0 Å². The highest BCUT2D eigenvalue weighted by molar-refractivity contribution is 5.45. The van der Waals surface area contributed by atoms with Crippen molar-refractivity contribution in [1.29, 1.82) is 0 Å². The number of benzene rings is 1. The third kappa shape index (κ3) is 1.54. The number of hydrogen-bond acceptors (Lipinski definition) is 4. The minimum absolute atomic E-state index is 0.354. The Hall–Kier alpha value is -1.26. The molecular formula is C12H14O4. The summed E-state index contributed by atoms with van der Waals surface area (Å²) in [5.41, 5.74) is -0.0233. The maximum Gasteiger partial charge on any atom is 0.161 e. The zero-order valence-electron chi connectivity index (χ0n) is 8.94. The fourth-order valence-electron chi connectivity index (χ4n) is 2.11. The molecule has 2 heterocycles. The van der Waals surface area contributed by atoms with Crippen LogP contribution in [-0.2, 0) is 10.3 Å². The summed E-state index contributed by atoms with van der Waals surface area (Å²) in [6, 6.07) is 5.57. The van der Waals surface area contributed by atoms with Crippen molar-refractivity contribution in [3.8, 4) is 11.5 Å². The summed E-state index contributed by atoms with van der Waals surface area (Å²) in [6.45, 7) is 2.10. The zero-order valence-corrected chi connectivity index (χ0v) is 8.94. The van der Waals surface area contributed by atoms with Crippen LogP contribution in [0.3, 0.4) is 0 Å². The number of ether oxygens (including phenoxy) is 3. The van der Waals surface area contributed by atoms with Gasteiger partial charge in [-0.25, -0.2) is 0 Å². The summed E-state index contributed by atoms with van der Waals surface area (Å²) in [5.74, 6) is 1.46. The number of rotatable bonds is 1. The van der Waals surface area contributed by atoms with Crippen LogP contribution in [0.2, 0.25) is 0 Å². The predicted octanol–water partition coefficient (Wildman–Crippen LogP) is 1.07. The van der Waals surface area contributed by atoms with E-state index in [0.717, 1.165) is 11.3 Å². The Morgan fingerprint density at radius 1 is 1.06 bits per heavy atom. The molecule has 1 aromatic rings. The van der Waals surface area contributed by atoms with Gasteiger partial charge in [-0.15, -0.1) is 0 Å². The van der Waals surface area contributed by atoms with Crippen LogP contribution in [0.1, 0.15) is 12.0 Å². The fourth-order valence-corrected chi connectivity index (χ4v) is 2.11. The second kappa shape index (κ2) is 3.64. The van der Waals surface area contributed by atoms with Gasteiger partial charge in [-0.1, -0.05) is 6.07 Å². The molecule has 16 heavy (non-hydrogen) atoms. The Bertz CT molecular complexity index is 396. The maximum atomic E-state index is 10.3. The molecule has 2 aliphatic rings. The Balaban J connectivity index is 1.96. The van der Waals surface area contributed by atoms with Crippen LogP contribution >= 0.6 is 0 Å². The van der Waals surface area contributed by atoms with Gasteiger partial charge < -0.3 is 19.3 Å². The van der Waals surface area contributed by atoms with E-state index >= 15 is 0 Å². The van der Waals surface area contributed by atoms with E-state index in [-0.39, 0.29) is 0 Å². The van der Waals surface area contributed by atoms with Crippen LogP contribution in [0.15, 0.2) is 18.2 Å². The molecule has 3 rings (SSSR count). The smallest absolute Gasteiger partial charge is 0.161 e. The number of hydrogen-bond donors (Lipinski definition) is 1. The summed E-state index contributed by atoms with van der Waals surface area (Å²) in [4.78, 5) is 0. The third-order valence-electron chi connectivity index (χ3n) is 3.08. The van der Waals surface area contributed by atoms with Crippen molar-refractivity contribution in [3.63, 3.8) is 0 Å². The Morgan fingerprint density at radius 3 is 2.62 bits per heavy atom. The summed E-state index contributed by atoms with van der Waals surface area (Å²) in [6.07, 6.45) is 0.632. The zero-order chi connectivity index (χ0) is 11.0. The lowest BCUT2D eigenvalue weighted by Gasteiger charge is -2.24. The molecule has 0 radical (unpaired) electrons. The van der Waals surface area contributed by atoms with Crippen molar-refractivity contribution in [2.24, 2.45) is 0 Å². The molecule has 2 aliphatic heterocycles. The van der Waals surface area contributed by atoms with Gasteiger partial charge in [-0.2, -0.15) is 0 Å². The van der Waals surface area contributed by atoms with Gasteiger partial charge >= 0.3 is 0 Å². The molecule has 1 fully saturated rings. The Labute approximate surface area is 93.7 Å². The van der Waals surface area contributed by atoms with Gasteiger partial charge in [0, 0.05) is 13.0 Å². The summed E-state index contributed by atoms with van der Waals surface area (Å²) >= 11 is 0. The van der Waals surface area contributed by atoms with E-state index in [1.54, 1.807) is 0 Å². The van der Waals surface area contributed by atoms with Gasteiger partial charge in [0.1, 0.15) is 18.8 Å². The Kier molecular flexibility index (Phi) is 2.26. The van der Waals surface area contributed by atoms with Crippen molar-refractivity contribution in [2.45, 2.75) is 12.0 Å². The molecule has 86 valence electrons. The van der Waals surface area contributed by atoms with Gasteiger partial charge in [0.2, 0.25) is 0 Å². The first-order valence-corrected chi connectivity index (χ1v) is 5.48. The first kappa shape index (κ1) is 9.93. The highest BCUT2D eigenvalue weighted by atomic mass is 16.6. The normalized spacial score (nSPS) is 28.1. The van der Waals surface area contributed by atoms with Crippen LogP contribution < -0.4 is 9.47 Å². The molecule has 0 bridgehead atoms. The lowest BCUT2D eigenvalue weighted by atomic mass is 9.93. The number of aliphatic hydroxyl groups is 1. The first-order chi connectivity index (χ1) is 7.78. The molecule has 1 N–H and O–H groups in total. The minimum atomic E-state index is -0.865. The lowest BCUT2D eigenvalue weighted by Crippen LogP contribution is -2.26. The average Bonchev–Trinajstić information content (AvgIpc) is 2.77. The maximum absolute atomic E-state index is 10.3. The van der Waals surface area contributed by atoms with Crippen LogP contribution in [-0.4, -0.2) is 31.5 Å². The predicted molar refractivity (Wildman–Crippen MR) is 56.8 cm³/mol. The molecule has 1 atom stereocenters. The van der Waals surface area contributed by atoms with E-state index in [2.05, 4.69) is 0 Å². The van der Waals surface area contributed by atoms with Crippen molar-refractivity contribution >= 4 is 0 Å². The van der Waals surface area contributed by atoms with Crippen molar-refractivity contribution in [3.05, 3.63) is 23.8 Å². The van der Waals surface area contributed by atoms with E-state index in [9.17, 15) is 5.11 Å². The van der Waals surface area contributed by atoms with E-state index in [0.29, 0.717) is 38.6 Å². The van der Waals surface area contributed by atoms with Gasteiger partial charge in [-0.05, 0) is 17.7 Å². The molecule has 1 unspecified atom stereocenters. The van der Waals surface area contributed by atoms with Crippen LogP contribution in [0, 0.1) is 0 Å². The van der Waals surface area contributed by atoms with E-state index in [1.807, 2.05) is 18.2 Å². The molecule has 4 nitrogen and oxygen atoms in total. The SMILES string of the molecule is OC1(c2ccc3c(c2)OCCO3)CCOC1. The molecule has 4 heteroatoms. The third-order valence-corrected chi connectivity index (χ3v) is 3.08. The fraction of sp³-hybridized carbons (Fsp3) is 0.500. The molecule has 0 aliphatic carbocycles. The Morgan fingerprint density at radius 2 is 1.88 bits per heavy atom. The second-order valence-electron chi connectivity index (χ2n) is 4.19. The summed E-state index contributed by atoms with van der Waals surface area (Å²) < 4.78 is 16.2. The van der Waals surface area contributed by atoms with Crippen LogP contribution in [0.25, 0.3) is 0 Å². The molecule has 0 saturated carbocycles. The van der Waals surface area contributed by atoms with Crippen molar-refractivity contribution in [1.82, 2.24) is 0 Å². The highest BCUT2D eigenvalue weighted by Crippen LogP contribution is 2.37. The van der Waals surface area contributed by atoms with E-state index in [4.69, 9.17) is 14.2 Å². The molecule has 0 spiro atoms. The standard InChI is InChI=1S/C12H14O4/c13-12(3-4-14-8-12)9-1-2-10-11(7-9)16-6-5-15-10/h1-2,7,13H,3-6,8H2. The topological polar surface area (TPSA) is 47.9 Å². The van der Waals surface area contributed by atoms with E-state index < -0.39 is 5.60 Å². The first-order valence-electron chi connectivity index (χ1n) is 5.48. The van der Waals surface area contributed by atoms with Gasteiger partial charge in [0.25, 0.3) is 0 Å². The van der Waals surface area contributed by atoms with E-state index in [1.165, 1.54) is 0 Å². The minimum Gasteiger partial charge on any atom is -0.486 e.